The van der Waals surface area contributed by atoms with E-state index in [9.17, 15) is 9.59 Å². The number of hydrogen-bond donors (Lipinski definition) is 2. The number of amides is 1. The number of nitrogens with zero attached hydrogens (tertiary/aromatic N) is 2. The van der Waals surface area contributed by atoms with Crippen LogP contribution in [0.4, 0.5) is 0 Å². The molecule has 1 unspecified atom stereocenters. The van der Waals surface area contributed by atoms with Crippen molar-refractivity contribution in [1.29, 1.82) is 0 Å². The second-order valence-electron chi connectivity index (χ2n) is 6.88. The van der Waals surface area contributed by atoms with Crippen LogP contribution in [-0.4, -0.2) is 22.5 Å². The lowest BCUT2D eigenvalue weighted by Crippen LogP contribution is -3.06. The summed E-state index contributed by atoms with van der Waals surface area (Å²) in [6, 6.07) is 15.7. The summed E-state index contributed by atoms with van der Waals surface area (Å²) in [5.41, 5.74) is 8.29. The number of carbonyl (C=O) groups is 1. The maximum absolute atomic E-state index is 12.8. The Morgan fingerprint density at radius 1 is 1.07 bits per heavy atom. The Morgan fingerprint density at radius 3 is 2.41 bits per heavy atom. The van der Waals surface area contributed by atoms with Crippen LogP contribution in [0.2, 0.25) is 0 Å². The largest absolute Gasteiger partial charge is 0.368 e. The molecule has 0 spiro atoms. The van der Waals surface area contributed by atoms with Gasteiger partial charge < -0.3 is 10.6 Å². The van der Waals surface area contributed by atoms with Crippen LogP contribution in [0, 0.1) is 0 Å². The zero-order valence-electron chi connectivity index (χ0n) is 15.7. The minimum atomic E-state index is -0.553. The summed E-state index contributed by atoms with van der Waals surface area (Å²) in [7, 11) is 2.05. The molecule has 140 valence electrons. The molecular weight excluding hydrogens is 340 g/mol. The predicted molar refractivity (Wildman–Crippen MR) is 105 cm³/mol. The molecule has 1 amide bonds. The van der Waals surface area contributed by atoms with Crippen molar-refractivity contribution in [1.82, 2.24) is 9.55 Å². The highest BCUT2D eigenvalue weighted by atomic mass is 16.2. The van der Waals surface area contributed by atoms with Crippen LogP contribution >= 0.6 is 0 Å². The molecule has 1 aromatic heterocycles. The minimum absolute atomic E-state index is 0.162. The fraction of sp³-hybridized carbons (Fsp3) is 0.286. The molecule has 0 radical (unpaired) electrons. The highest BCUT2D eigenvalue weighted by Gasteiger charge is 2.16. The molecule has 6 nitrogen and oxygen atoms in total. The molecule has 0 saturated heterocycles. The second kappa shape index (κ2) is 8.14. The van der Waals surface area contributed by atoms with Crippen molar-refractivity contribution >= 4 is 16.8 Å². The maximum Gasteiger partial charge on any atom is 0.262 e. The van der Waals surface area contributed by atoms with Crippen molar-refractivity contribution in [2.24, 2.45) is 5.73 Å². The third-order valence-electron chi connectivity index (χ3n) is 4.65. The molecule has 3 rings (SSSR count). The number of primary amides is 1. The number of benzene rings is 2. The van der Waals surface area contributed by atoms with E-state index in [1.807, 2.05) is 19.2 Å². The molecular formula is C21H25N4O2+. The Morgan fingerprint density at radius 2 is 1.74 bits per heavy atom. The first-order chi connectivity index (χ1) is 13.0. The Kier molecular flexibility index (Phi) is 5.66. The van der Waals surface area contributed by atoms with Gasteiger partial charge in [-0.25, -0.2) is 4.98 Å². The van der Waals surface area contributed by atoms with Gasteiger partial charge in [0.15, 0.2) is 5.82 Å². The van der Waals surface area contributed by atoms with E-state index < -0.39 is 5.91 Å². The van der Waals surface area contributed by atoms with Crippen LogP contribution in [-0.2, 0) is 30.8 Å². The number of para-hydroxylation sites is 1. The van der Waals surface area contributed by atoms with Gasteiger partial charge in [-0.15, -0.1) is 0 Å². The summed E-state index contributed by atoms with van der Waals surface area (Å²) in [5, 5.41) is 0.496. The quantitative estimate of drug-likeness (QED) is 0.645. The molecule has 1 heterocycles. The number of nitrogens with two attached hydrogens (primary N) is 1. The SMILES string of the molecule is CCc1ccc(C[NH+](C)Cc2nc3ccccc3c(=O)n2CC(N)=O)cc1. The standard InChI is InChI=1S/C21H24N4O2/c1-3-15-8-10-16(11-9-15)12-24(2)14-20-23-18-7-5-4-6-17(18)21(27)25(20)13-19(22)26/h4-11H,3,12-14H2,1-2H3,(H2,22,26)/p+1. The fourth-order valence-corrected chi connectivity index (χ4v) is 3.24. The molecule has 3 aromatic rings. The molecule has 0 fully saturated rings. The minimum Gasteiger partial charge on any atom is -0.368 e. The molecule has 0 aliphatic carbocycles. The number of hydrogen-bond acceptors (Lipinski definition) is 3. The summed E-state index contributed by atoms with van der Waals surface area (Å²) in [6.45, 7) is 3.28. The van der Waals surface area contributed by atoms with Gasteiger partial charge in [-0.2, -0.15) is 0 Å². The zero-order chi connectivity index (χ0) is 19.4. The van der Waals surface area contributed by atoms with Gasteiger partial charge in [-0.3, -0.25) is 14.2 Å². The number of fused-ring (bicyclic) bond motifs is 1. The number of nitrogens with one attached hydrogen (secondary N) is 1. The zero-order valence-corrected chi connectivity index (χ0v) is 15.7. The van der Waals surface area contributed by atoms with Gasteiger partial charge in [0.1, 0.15) is 19.6 Å². The molecule has 1 atom stereocenters. The molecule has 3 N–H and O–H groups in total. The lowest BCUT2D eigenvalue weighted by atomic mass is 10.1. The highest BCUT2D eigenvalue weighted by Crippen LogP contribution is 2.08. The number of aromatic nitrogens is 2. The highest BCUT2D eigenvalue weighted by molar-refractivity contribution is 5.78. The van der Waals surface area contributed by atoms with Crippen LogP contribution in [0.15, 0.2) is 53.3 Å². The topological polar surface area (TPSA) is 82.4 Å². The lowest BCUT2D eigenvalue weighted by molar-refractivity contribution is -0.908. The van der Waals surface area contributed by atoms with Crippen molar-refractivity contribution in [2.75, 3.05) is 7.05 Å². The van der Waals surface area contributed by atoms with E-state index in [4.69, 9.17) is 5.73 Å². The van der Waals surface area contributed by atoms with Crippen LogP contribution in [0.5, 0.6) is 0 Å². The average molecular weight is 365 g/mol. The summed E-state index contributed by atoms with van der Waals surface area (Å²) in [4.78, 5) is 30.1. The summed E-state index contributed by atoms with van der Waals surface area (Å²) >= 11 is 0. The van der Waals surface area contributed by atoms with E-state index in [1.54, 1.807) is 12.1 Å². The molecule has 2 aromatic carbocycles. The molecule has 27 heavy (non-hydrogen) atoms. The van der Waals surface area contributed by atoms with Gasteiger partial charge in [-0.1, -0.05) is 43.3 Å². The predicted octanol–water partition coefficient (Wildman–Crippen LogP) is 0.659. The lowest BCUT2D eigenvalue weighted by Gasteiger charge is -2.17. The third kappa shape index (κ3) is 4.41. The molecule has 0 bridgehead atoms. The third-order valence-corrected chi connectivity index (χ3v) is 4.65. The molecule has 6 heteroatoms. The van der Waals surface area contributed by atoms with Gasteiger partial charge in [0.2, 0.25) is 5.91 Å². The second-order valence-corrected chi connectivity index (χ2v) is 6.88. The molecule has 0 aliphatic rings. The first-order valence-electron chi connectivity index (χ1n) is 9.13. The van der Waals surface area contributed by atoms with E-state index >= 15 is 0 Å². The van der Waals surface area contributed by atoms with Crippen LogP contribution in [0.25, 0.3) is 10.9 Å². The first-order valence-corrected chi connectivity index (χ1v) is 9.13. The van der Waals surface area contributed by atoms with Gasteiger partial charge >= 0.3 is 0 Å². The van der Waals surface area contributed by atoms with E-state index in [-0.39, 0.29) is 12.1 Å². The monoisotopic (exact) mass is 365 g/mol. The van der Waals surface area contributed by atoms with Crippen LogP contribution in [0.3, 0.4) is 0 Å². The number of carbonyl (C=O) groups excluding carboxylic acids is 1. The summed E-state index contributed by atoms with van der Waals surface area (Å²) in [6.07, 6.45) is 1.02. The summed E-state index contributed by atoms with van der Waals surface area (Å²) in [5.74, 6) is 0.0171. The Hall–Kier alpha value is -2.99. The van der Waals surface area contributed by atoms with Crippen LogP contribution < -0.4 is 16.2 Å². The number of quaternary nitrogens is 1. The van der Waals surface area contributed by atoms with Crippen LogP contribution in [0.1, 0.15) is 23.9 Å². The fourth-order valence-electron chi connectivity index (χ4n) is 3.24. The molecule has 0 saturated carbocycles. The van der Waals surface area contributed by atoms with E-state index in [2.05, 4.69) is 36.2 Å². The Bertz CT molecular complexity index is 1010. The number of aryl methyl sites for hydroxylation is 1. The van der Waals surface area contributed by atoms with Gasteiger partial charge in [-0.05, 0) is 24.1 Å². The Balaban J connectivity index is 1.89. The van der Waals surface area contributed by atoms with E-state index in [1.165, 1.54) is 20.6 Å². The smallest absolute Gasteiger partial charge is 0.262 e. The van der Waals surface area contributed by atoms with Crippen molar-refractivity contribution < 1.29 is 9.69 Å². The maximum atomic E-state index is 12.8. The van der Waals surface area contributed by atoms with Gasteiger partial charge in [0.25, 0.3) is 5.56 Å². The van der Waals surface area contributed by atoms with E-state index in [0.29, 0.717) is 23.3 Å². The first kappa shape index (κ1) is 18.8. The van der Waals surface area contributed by atoms with Gasteiger partial charge in [0.05, 0.1) is 18.0 Å². The van der Waals surface area contributed by atoms with E-state index in [0.717, 1.165) is 13.0 Å². The van der Waals surface area contributed by atoms with Gasteiger partial charge in [0, 0.05) is 5.56 Å². The average Bonchev–Trinajstić information content (AvgIpc) is 2.65. The van der Waals surface area contributed by atoms with Crippen molar-refractivity contribution in [2.45, 2.75) is 33.0 Å². The molecule has 0 aliphatic heterocycles. The Labute approximate surface area is 158 Å². The van der Waals surface area contributed by atoms with Crippen molar-refractivity contribution in [3.05, 3.63) is 75.8 Å². The normalized spacial score (nSPS) is 12.2. The van der Waals surface area contributed by atoms with Crippen molar-refractivity contribution in [3.63, 3.8) is 0 Å². The summed E-state index contributed by atoms with van der Waals surface area (Å²) < 4.78 is 1.40. The number of rotatable bonds is 7. The van der Waals surface area contributed by atoms with Crippen molar-refractivity contribution in [3.8, 4) is 0 Å².